The third-order valence-corrected chi connectivity index (χ3v) is 4.87. The van der Waals surface area contributed by atoms with Gasteiger partial charge < -0.3 is 4.90 Å². The van der Waals surface area contributed by atoms with E-state index in [-0.39, 0.29) is 0 Å². The van der Waals surface area contributed by atoms with Gasteiger partial charge in [0.2, 0.25) is 10.0 Å². The molecule has 0 aliphatic rings. The molecule has 1 N–H and O–H groups in total. The first-order chi connectivity index (χ1) is 8.84. The zero-order valence-corrected chi connectivity index (χ0v) is 13.0. The van der Waals surface area contributed by atoms with E-state index in [1.165, 1.54) is 0 Å². The summed E-state index contributed by atoms with van der Waals surface area (Å²) in [6, 6.07) is 7.51. The lowest BCUT2D eigenvalue weighted by atomic mass is 10.2. The Morgan fingerprint density at radius 2 is 1.89 bits per heavy atom. The lowest BCUT2D eigenvalue weighted by molar-refractivity contribution is 0.271. The standard InChI is InChI=1S/C14H24N2O2S/c1-12(2)16(4)11-7-10-15-19(17,18)14-9-6-5-8-13(14)3/h5-6,8-9,12,15H,7,10-11H2,1-4H3. The van der Waals surface area contributed by atoms with Crippen molar-refractivity contribution in [3.05, 3.63) is 29.8 Å². The molecule has 0 amide bonds. The van der Waals surface area contributed by atoms with Crippen LogP contribution in [0.15, 0.2) is 29.2 Å². The van der Waals surface area contributed by atoms with Crippen LogP contribution in [0.2, 0.25) is 0 Å². The first-order valence-electron chi connectivity index (χ1n) is 6.60. The summed E-state index contributed by atoms with van der Waals surface area (Å²) in [6.45, 7) is 7.40. The molecule has 0 saturated carbocycles. The molecule has 0 heterocycles. The summed E-state index contributed by atoms with van der Waals surface area (Å²) in [5, 5.41) is 0. The summed E-state index contributed by atoms with van der Waals surface area (Å²) in [6.07, 6.45) is 0.805. The summed E-state index contributed by atoms with van der Waals surface area (Å²) in [5.41, 5.74) is 0.772. The summed E-state index contributed by atoms with van der Waals surface area (Å²) in [5.74, 6) is 0. The van der Waals surface area contributed by atoms with Crippen LogP contribution >= 0.6 is 0 Å². The van der Waals surface area contributed by atoms with Crippen LogP contribution in [0.5, 0.6) is 0 Å². The molecule has 0 aliphatic heterocycles. The monoisotopic (exact) mass is 284 g/mol. The summed E-state index contributed by atoms with van der Waals surface area (Å²) < 4.78 is 26.9. The van der Waals surface area contributed by atoms with E-state index in [0.717, 1.165) is 18.5 Å². The van der Waals surface area contributed by atoms with Gasteiger partial charge in [-0.05, 0) is 52.4 Å². The van der Waals surface area contributed by atoms with E-state index in [9.17, 15) is 8.42 Å². The van der Waals surface area contributed by atoms with Gasteiger partial charge >= 0.3 is 0 Å². The third kappa shape index (κ3) is 4.93. The Morgan fingerprint density at radius 3 is 2.47 bits per heavy atom. The van der Waals surface area contributed by atoms with Crippen molar-refractivity contribution in [3.63, 3.8) is 0 Å². The third-order valence-electron chi connectivity index (χ3n) is 3.24. The van der Waals surface area contributed by atoms with Gasteiger partial charge in [0.15, 0.2) is 0 Å². The van der Waals surface area contributed by atoms with E-state index < -0.39 is 10.0 Å². The van der Waals surface area contributed by atoms with Gasteiger partial charge in [-0.1, -0.05) is 18.2 Å². The Hall–Kier alpha value is -0.910. The zero-order valence-electron chi connectivity index (χ0n) is 12.2. The molecule has 0 radical (unpaired) electrons. The highest BCUT2D eigenvalue weighted by Crippen LogP contribution is 2.13. The fraction of sp³-hybridized carbons (Fsp3) is 0.571. The van der Waals surface area contributed by atoms with Crippen molar-refractivity contribution >= 4 is 10.0 Å². The number of nitrogens with zero attached hydrogens (tertiary/aromatic N) is 1. The van der Waals surface area contributed by atoms with Crippen LogP contribution in [0.4, 0.5) is 0 Å². The lowest BCUT2D eigenvalue weighted by Crippen LogP contribution is -2.31. The normalized spacial score (nSPS) is 12.3. The smallest absolute Gasteiger partial charge is 0.240 e. The van der Waals surface area contributed by atoms with E-state index in [4.69, 9.17) is 0 Å². The Labute approximate surface area is 116 Å². The fourth-order valence-electron chi connectivity index (χ4n) is 1.73. The molecular formula is C14H24N2O2S. The van der Waals surface area contributed by atoms with Gasteiger partial charge in [0, 0.05) is 12.6 Å². The van der Waals surface area contributed by atoms with Crippen molar-refractivity contribution in [2.75, 3.05) is 20.1 Å². The maximum Gasteiger partial charge on any atom is 0.240 e. The second kappa shape index (κ2) is 7.03. The van der Waals surface area contributed by atoms with E-state index in [2.05, 4.69) is 23.5 Å². The Morgan fingerprint density at radius 1 is 1.26 bits per heavy atom. The minimum Gasteiger partial charge on any atom is -0.304 e. The fourth-order valence-corrected chi connectivity index (χ4v) is 3.05. The SMILES string of the molecule is Cc1ccccc1S(=O)(=O)NCCCN(C)C(C)C. The highest BCUT2D eigenvalue weighted by Gasteiger charge is 2.15. The molecule has 0 fully saturated rings. The average Bonchev–Trinajstić information content (AvgIpc) is 2.34. The number of benzene rings is 1. The van der Waals surface area contributed by atoms with Gasteiger partial charge in [0.25, 0.3) is 0 Å². The van der Waals surface area contributed by atoms with Crippen molar-refractivity contribution in [3.8, 4) is 0 Å². The van der Waals surface area contributed by atoms with Crippen molar-refractivity contribution in [2.45, 2.75) is 38.1 Å². The average molecular weight is 284 g/mol. The molecule has 0 aromatic heterocycles. The van der Waals surface area contributed by atoms with Crippen LogP contribution in [0, 0.1) is 6.92 Å². The van der Waals surface area contributed by atoms with E-state index in [1.807, 2.05) is 13.1 Å². The lowest BCUT2D eigenvalue weighted by Gasteiger charge is -2.20. The molecular weight excluding hydrogens is 260 g/mol. The van der Waals surface area contributed by atoms with Gasteiger partial charge in [0.05, 0.1) is 4.90 Å². The minimum absolute atomic E-state index is 0.368. The zero-order chi connectivity index (χ0) is 14.5. The predicted molar refractivity (Wildman–Crippen MR) is 78.8 cm³/mol. The number of aryl methyl sites for hydroxylation is 1. The first-order valence-corrected chi connectivity index (χ1v) is 8.08. The topological polar surface area (TPSA) is 49.4 Å². The molecule has 0 unspecified atom stereocenters. The first kappa shape index (κ1) is 16.1. The molecule has 1 aromatic carbocycles. The highest BCUT2D eigenvalue weighted by atomic mass is 32.2. The molecule has 0 atom stereocenters. The quantitative estimate of drug-likeness (QED) is 0.779. The maximum absolute atomic E-state index is 12.1. The number of rotatable bonds is 7. The molecule has 19 heavy (non-hydrogen) atoms. The van der Waals surface area contributed by atoms with Gasteiger partial charge in [-0.25, -0.2) is 13.1 Å². The number of nitrogens with one attached hydrogen (secondary N) is 1. The van der Waals surface area contributed by atoms with Crippen molar-refractivity contribution < 1.29 is 8.42 Å². The number of hydrogen-bond acceptors (Lipinski definition) is 3. The second-order valence-electron chi connectivity index (χ2n) is 5.09. The molecule has 0 aliphatic carbocycles. The molecule has 4 nitrogen and oxygen atoms in total. The Kier molecular flexibility index (Phi) is 5.97. The minimum atomic E-state index is -3.38. The van der Waals surface area contributed by atoms with E-state index in [0.29, 0.717) is 17.5 Å². The molecule has 0 bridgehead atoms. The summed E-state index contributed by atoms with van der Waals surface area (Å²) in [7, 11) is -1.34. The van der Waals surface area contributed by atoms with Gasteiger partial charge in [-0.15, -0.1) is 0 Å². The van der Waals surface area contributed by atoms with Crippen LogP contribution in [0.1, 0.15) is 25.8 Å². The molecule has 0 saturated heterocycles. The molecule has 5 heteroatoms. The predicted octanol–water partition coefficient (Wildman–Crippen LogP) is 2.00. The van der Waals surface area contributed by atoms with Crippen molar-refractivity contribution in [1.29, 1.82) is 0 Å². The largest absolute Gasteiger partial charge is 0.304 e. The summed E-state index contributed by atoms with van der Waals surface area (Å²) >= 11 is 0. The Balaban J connectivity index is 2.51. The molecule has 108 valence electrons. The van der Waals surface area contributed by atoms with Gasteiger partial charge in [0.1, 0.15) is 0 Å². The highest BCUT2D eigenvalue weighted by molar-refractivity contribution is 7.89. The van der Waals surface area contributed by atoms with E-state index in [1.54, 1.807) is 25.1 Å². The second-order valence-corrected chi connectivity index (χ2v) is 6.83. The maximum atomic E-state index is 12.1. The molecule has 1 aromatic rings. The van der Waals surface area contributed by atoms with Crippen molar-refractivity contribution in [1.82, 2.24) is 9.62 Å². The molecule has 0 spiro atoms. The number of sulfonamides is 1. The number of hydrogen-bond donors (Lipinski definition) is 1. The van der Waals surface area contributed by atoms with Gasteiger partial charge in [-0.3, -0.25) is 0 Å². The Bertz CT molecular complexity index is 498. The van der Waals surface area contributed by atoms with Crippen LogP contribution in [0.3, 0.4) is 0 Å². The van der Waals surface area contributed by atoms with Crippen LogP contribution in [0.25, 0.3) is 0 Å². The summed E-state index contributed by atoms with van der Waals surface area (Å²) in [4.78, 5) is 2.56. The van der Waals surface area contributed by atoms with Crippen LogP contribution in [-0.2, 0) is 10.0 Å². The van der Waals surface area contributed by atoms with Crippen LogP contribution < -0.4 is 4.72 Å². The van der Waals surface area contributed by atoms with Crippen molar-refractivity contribution in [2.24, 2.45) is 0 Å². The van der Waals surface area contributed by atoms with Crippen LogP contribution in [-0.4, -0.2) is 39.5 Å². The molecule has 1 rings (SSSR count). The van der Waals surface area contributed by atoms with E-state index >= 15 is 0 Å². The van der Waals surface area contributed by atoms with Gasteiger partial charge in [-0.2, -0.15) is 0 Å².